The second kappa shape index (κ2) is 3.91. The Labute approximate surface area is 84.6 Å². The van der Waals surface area contributed by atoms with Crippen LogP contribution in [0, 0.1) is 18.3 Å². The quantitative estimate of drug-likeness (QED) is 0.781. The van der Waals surface area contributed by atoms with E-state index < -0.39 is 17.3 Å². The van der Waals surface area contributed by atoms with Gasteiger partial charge in [-0.25, -0.2) is 0 Å². The van der Waals surface area contributed by atoms with Crippen LogP contribution in [0.15, 0.2) is 12.1 Å². The third-order valence-electron chi connectivity index (χ3n) is 2.16. The lowest BCUT2D eigenvalue weighted by atomic mass is 9.98. The van der Waals surface area contributed by atoms with Gasteiger partial charge in [0.15, 0.2) is 0 Å². The highest BCUT2D eigenvalue weighted by Crippen LogP contribution is 2.33. The largest absolute Gasteiger partial charge is 0.417 e. The van der Waals surface area contributed by atoms with Crippen molar-refractivity contribution in [3.8, 4) is 6.07 Å². The first-order chi connectivity index (χ1) is 6.91. The molecular weight excluding hydrogens is 207 g/mol. The molecule has 1 N–H and O–H groups in total. The van der Waals surface area contributed by atoms with Crippen LogP contribution in [0.2, 0.25) is 0 Å². The molecule has 0 aliphatic rings. The zero-order chi connectivity index (χ0) is 11.6. The Morgan fingerprint density at radius 2 is 2.00 bits per heavy atom. The molecule has 0 unspecified atom stereocenters. The summed E-state index contributed by atoms with van der Waals surface area (Å²) in [6, 6.07) is 3.51. The maximum absolute atomic E-state index is 12.4. The van der Waals surface area contributed by atoms with Crippen molar-refractivity contribution in [3.63, 3.8) is 0 Å². The summed E-state index contributed by atoms with van der Waals surface area (Å²) in [5, 5.41) is 17.5. The molecule has 0 saturated heterocycles. The van der Waals surface area contributed by atoms with Crippen LogP contribution in [0.1, 0.15) is 22.3 Å². The molecule has 1 aromatic carbocycles. The maximum atomic E-state index is 12.4. The van der Waals surface area contributed by atoms with Gasteiger partial charge in [-0.3, -0.25) is 0 Å². The van der Waals surface area contributed by atoms with Gasteiger partial charge in [0.05, 0.1) is 17.7 Å². The molecule has 1 aromatic rings. The van der Waals surface area contributed by atoms with E-state index in [1.54, 1.807) is 0 Å². The van der Waals surface area contributed by atoms with E-state index in [1.807, 2.05) is 0 Å². The number of nitrogens with zero attached hydrogens (tertiary/aromatic N) is 1. The highest BCUT2D eigenvalue weighted by molar-refractivity contribution is 5.48. The van der Waals surface area contributed by atoms with Gasteiger partial charge in [-0.2, -0.15) is 18.4 Å². The molecule has 80 valence electrons. The van der Waals surface area contributed by atoms with E-state index in [0.29, 0.717) is 5.56 Å². The van der Waals surface area contributed by atoms with Crippen LogP contribution in [-0.4, -0.2) is 5.11 Å². The van der Waals surface area contributed by atoms with Crippen LogP contribution in [0.5, 0.6) is 0 Å². The van der Waals surface area contributed by atoms with Gasteiger partial charge in [0, 0.05) is 0 Å². The normalized spacial score (nSPS) is 11.2. The number of halogens is 3. The van der Waals surface area contributed by atoms with Crippen LogP contribution in [0.25, 0.3) is 0 Å². The van der Waals surface area contributed by atoms with Crippen molar-refractivity contribution in [1.29, 1.82) is 5.26 Å². The second-order valence-corrected chi connectivity index (χ2v) is 3.04. The van der Waals surface area contributed by atoms with E-state index in [-0.39, 0.29) is 12.2 Å². The minimum Gasteiger partial charge on any atom is -0.392 e. The van der Waals surface area contributed by atoms with Crippen molar-refractivity contribution in [2.45, 2.75) is 19.7 Å². The Balaban J connectivity index is 3.47. The Morgan fingerprint density at radius 1 is 1.40 bits per heavy atom. The van der Waals surface area contributed by atoms with Gasteiger partial charge in [-0.15, -0.1) is 0 Å². The number of hydrogen-bond acceptors (Lipinski definition) is 2. The van der Waals surface area contributed by atoms with E-state index in [4.69, 9.17) is 10.4 Å². The van der Waals surface area contributed by atoms with Crippen LogP contribution < -0.4 is 0 Å². The second-order valence-electron chi connectivity index (χ2n) is 3.04. The molecule has 0 saturated carbocycles. The fraction of sp³-hybridized carbons (Fsp3) is 0.300. The number of hydrogen-bond donors (Lipinski definition) is 1. The van der Waals surface area contributed by atoms with Crippen LogP contribution in [0.4, 0.5) is 13.2 Å². The minimum atomic E-state index is -4.54. The van der Waals surface area contributed by atoms with Gasteiger partial charge in [0.2, 0.25) is 0 Å². The van der Waals surface area contributed by atoms with Crippen LogP contribution in [0.3, 0.4) is 0 Å². The van der Waals surface area contributed by atoms with Crippen molar-refractivity contribution in [3.05, 3.63) is 34.4 Å². The lowest BCUT2D eigenvalue weighted by molar-refractivity contribution is -0.137. The van der Waals surface area contributed by atoms with Crippen LogP contribution >= 0.6 is 0 Å². The fourth-order valence-corrected chi connectivity index (χ4v) is 1.31. The SMILES string of the molecule is Cc1c(CO)ccc(C(F)(F)F)c1C#N. The molecule has 2 nitrogen and oxygen atoms in total. The van der Waals surface area contributed by atoms with Gasteiger partial charge in [-0.05, 0) is 24.1 Å². The van der Waals surface area contributed by atoms with Crippen molar-refractivity contribution >= 4 is 0 Å². The topological polar surface area (TPSA) is 44.0 Å². The molecule has 15 heavy (non-hydrogen) atoms. The molecule has 0 fully saturated rings. The monoisotopic (exact) mass is 215 g/mol. The Bertz CT molecular complexity index is 418. The highest BCUT2D eigenvalue weighted by Gasteiger charge is 2.34. The van der Waals surface area contributed by atoms with Crippen molar-refractivity contribution in [2.24, 2.45) is 0 Å². The number of aliphatic hydroxyl groups is 1. The lowest BCUT2D eigenvalue weighted by Gasteiger charge is -2.12. The number of rotatable bonds is 1. The molecule has 0 bridgehead atoms. The van der Waals surface area contributed by atoms with Gasteiger partial charge < -0.3 is 5.11 Å². The molecule has 0 aliphatic heterocycles. The molecule has 0 heterocycles. The van der Waals surface area contributed by atoms with Crippen molar-refractivity contribution in [2.75, 3.05) is 0 Å². The van der Waals surface area contributed by atoms with Gasteiger partial charge >= 0.3 is 6.18 Å². The van der Waals surface area contributed by atoms with Crippen molar-refractivity contribution in [1.82, 2.24) is 0 Å². The zero-order valence-electron chi connectivity index (χ0n) is 7.89. The predicted molar refractivity (Wildman–Crippen MR) is 46.8 cm³/mol. The van der Waals surface area contributed by atoms with E-state index in [2.05, 4.69) is 0 Å². The van der Waals surface area contributed by atoms with E-state index >= 15 is 0 Å². The summed E-state index contributed by atoms with van der Waals surface area (Å²) in [5.41, 5.74) is -0.872. The molecule has 0 aliphatic carbocycles. The molecule has 5 heteroatoms. The van der Waals surface area contributed by atoms with Crippen LogP contribution in [-0.2, 0) is 12.8 Å². The first-order valence-electron chi connectivity index (χ1n) is 4.12. The number of alkyl halides is 3. The van der Waals surface area contributed by atoms with E-state index in [0.717, 1.165) is 6.07 Å². The molecule has 0 spiro atoms. The van der Waals surface area contributed by atoms with Gasteiger partial charge in [0.25, 0.3) is 0 Å². The average molecular weight is 215 g/mol. The average Bonchev–Trinajstić information content (AvgIpc) is 2.15. The number of nitriles is 1. The molecule has 0 atom stereocenters. The molecule has 0 radical (unpaired) electrons. The number of benzene rings is 1. The summed E-state index contributed by atoms with van der Waals surface area (Å²) in [6.07, 6.45) is -4.54. The summed E-state index contributed by atoms with van der Waals surface area (Å²) in [4.78, 5) is 0. The maximum Gasteiger partial charge on any atom is 0.417 e. The fourth-order valence-electron chi connectivity index (χ4n) is 1.31. The Morgan fingerprint density at radius 3 is 2.40 bits per heavy atom. The first-order valence-corrected chi connectivity index (χ1v) is 4.12. The molecule has 0 aromatic heterocycles. The third kappa shape index (κ3) is 2.10. The summed E-state index contributed by atoms with van der Waals surface area (Å²) in [5.74, 6) is 0. The summed E-state index contributed by atoms with van der Waals surface area (Å²) in [6.45, 7) is 1.01. The minimum absolute atomic E-state index is 0.176. The standard InChI is InChI=1S/C10H8F3NO/c1-6-7(5-15)2-3-9(8(6)4-14)10(11,12)13/h2-3,15H,5H2,1H3. The zero-order valence-corrected chi connectivity index (χ0v) is 7.89. The Kier molecular flexibility index (Phi) is 3.01. The predicted octanol–water partition coefficient (Wildman–Crippen LogP) is 2.38. The third-order valence-corrected chi connectivity index (χ3v) is 2.16. The first kappa shape index (κ1) is 11.5. The van der Waals surface area contributed by atoms with Gasteiger partial charge in [-0.1, -0.05) is 6.07 Å². The lowest BCUT2D eigenvalue weighted by Crippen LogP contribution is -2.10. The summed E-state index contributed by atoms with van der Waals surface area (Å²) >= 11 is 0. The van der Waals surface area contributed by atoms with Crippen molar-refractivity contribution < 1.29 is 18.3 Å². The highest BCUT2D eigenvalue weighted by atomic mass is 19.4. The smallest absolute Gasteiger partial charge is 0.392 e. The number of aliphatic hydroxyl groups excluding tert-OH is 1. The molecular formula is C10H8F3NO. The summed E-state index contributed by atoms with van der Waals surface area (Å²) < 4.78 is 37.3. The van der Waals surface area contributed by atoms with E-state index in [9.17, 15) is 13.2 Å². The van der Waals surface area contributed by atoms with Gasteiger partial charge in [0.1, 0.15) is 6.07 Å². The summed E-state index contributed by atoms with van der Waals surface area (Å²) in [7, 11) is 0. The molecule has 1 rings (SSSR count). The molecule has 0 amide bonds. The van der Waals surface area contributed by atoms with E-state index in [1.165, 1.54) is 19.1 Å². The Hall–Kier alpha value is -1.54.